The summed E-state index contributed by atoms with van der Waals surface area (Å²) < 4.78 is 0. The number of aromatic nitrogens is 1. The standard InChI is InChI=1S/C27H31N7/c1-3-10-34(12-9-21-5-7-24-19(2)4-6-25(24)27(21)31)11-8-20(14-28)17-32-26-13-22(15-29)23(16-30)18-33-26/h5,7,13-14,17-18H,2-4,6,8-12,28,31H2,1H3. The van der Waals surface area contributed by atoms with Crippen LogP contribution in [0.4, 0.5) is 11.5 Å². The van der Waals surface area contributed by atoms with E-state index in [-0.39, 0.29) is 11.1 Å². The Kier molecular flexibility index (Phi) is 8.56. The average Bonchev–Trinajstić information content (AvgIpc) is 3.24. The van der Waals surface area contributed by atoms with Crippen molar-refractivity contribution in [2.24, 2.45) is 10.7 Å². The molecule has 3 rings (SSSR count). The Morgan fingerprint density at radius 1 is 1.21 bits per heavy atom. The van der Waals surface area contributed by atoms with Gasteiger partial charge in [0.2, 0.25) is 0 Å². The lowest BCUT2D eigenvalue weighted by Crippen LogP contribution is -2.28. The topological polar surface area (TPSA) is 128 Å². The minimum Gasteiger partial charge on any atom is -0.404 e. The molecule has 7 heteroatoms. The van der Waals surface area contributed by atoms with Crippen LogP contribution in [0, 0.1) is 22.7 Å². The minimum absolute atomic E-state index is 0.236. The van der Waals surface area contributed by atoms with E-state index in [0.29, 0.717) is 5.82 Å². The molecule has 0 amide bonds. The number of aliphatic imine (C=N–C) groups is 1. The van der Waals surface area contributed by atoms with Crippen LogP contribution in [0.3, 0.4) is 0 Å². The first-order chi connectivity index (χ1) is 16.5. The van der Waals surface area contributed by atoms with Gasteiger partial charge in [-0.15, -0.1) is 0 Å². The number of allylic oxidation sites excluding steroid dienone is 1. The quantitative estimate of drug-likeness (QED) is 0.409. The van der Waals surface area contributed by atoms with Crippen LogP contribution < -0.4 is 11.5 Å². The van der Waals surface area contributed by atoms with Crippen LogP contribution in [0.1, 0.15) is 54.0 Å². The SMILES string of the molecule is C=C1CCc2c1ccc(CCN(CCC)CCC(C=Nc1cc(C#N)c(C#N)cn1)=CN)c2N. The van der Waals surface area contributed by atoms with Crippen molar-refractivity contribution in [2.45, 2.75) is 39.0 Å². The number of nitrogens with zero attached hydrogens (tertiary/aromatic N) is 5. The second-order valence-corrected chi connectivity index (χ2v) is 8.42. The molecular formula is C27H31N7. The van der Waals surface area contributed by atoms with E-state index >= 15 is 0 Å². The molecule has 0 bridgehead atoms. The second-order valence-electron chi connectivity index (χ2n) is 8.42. The summed E-state index contributed by atoms with van der Waals surface area (Å²) in [5.74, 6) is 0.370. The van der Waals surface area contributed by atoms with E-state index in [1.54, 1.807) is 12.4 Å². The van der Waals surface area contributed by atoms with E-state index in [9.17, 15) is 5.26 Å². The third-order valence-electron chi connectivity index (χ3n) is 6.17. The molecule has 34 heavy (non-hydrogen) atoms. The van der Waals surface area contributed by atoms with Crippen molar-refractivity contribution in [3.63, 3.8) is 0 Å². The number of nitrogens with two attached hydrogens (primary N) is 2. The van der Waals surface area contributed by atoms with Gasteiger partial charge in [0.15, 0.2) is 5.82 Å². The smallest absolute Gasteiger partial charge is 0.153 e. The van der Waals surface area contributed by atoms with Crippen LogP contribution in [0.5, 0.6) is 0 Å². The molecule has 0 saturated heterocycles. The first-order valence-corrected chi connectivity index (χ1v) is 11.6. The Labute approximate surface area is 201 Å². The van der Waals surface area contributed by atoms with Crippen LogP contribution in [0.25, 0.3) is 5.57 Å². The largest absolute Gasteiger partial charge is 0.404 e. The molecule has 1 aliphatic carbocycles. The summed E-state index contributed by atoms with van der Waals surface area (Å²) in [6, 6.07) is 9.76. The van der Waals surface area contributed by atoms with Gasteiger partial charge in [-0.2, -0.15) is 10.5 Å². The lowest BCUT2D eigenvalue weighted by molar-refractivity contribution is 0.282. The monoisotopic (exact) mass is 453 g/mol. The molecule has 1 aromatic heterocycles. The third-order valence-corrected chi connectivity index (χ3v) is 6.17. The number of nitrogen functional groups attached to an aromatic ring is 1. The summed E-state index contributed by atoms with van der Waals surface area (Å²) in [5, 5.41) is 18.2. The van der Waals surface area contributed by atoms with Gasteiger partial charge in [0.25, 0.3) is 0 Å². The number of nitriles is 2. The summed E-state index contributed by atoms with van der Waals surface area (Å²) in [5.41, 5.74) is 19.5. The summed E-state index contributed by atoms with van der Waals surface area (Å²) in [6.45, 7) is 9.06. The van der Waals surface area contributed by atoms with Crippen molar-refractivity contribution >= 4 is 23.3 Å². The zero-order chi connectivity index (χ0) is 24.5. The molecule has 0 aliphatic heterocycles. The zero-order valence-corrected chi connectivity index (χ0v) is 19.7. The third kappa shape index (κ3) is 5.89. The van der Waals surface area contributed by atoms with Gasteiger partial charge in [0.05, 0.1) is 11.1 Å². The highest BCUT2D eigenvalue weighted by atomic mass is 15.1. The van der Waals surface area contributed by atoms with Gasteiger partial charge in [-0.3, -0.25) is 0 Å². The number of hydrogen-bond acceptors (Lipinski definition) is 7. The summed E-state index contributed by atoms with van der Waals surface area (Å²) in [7, 11) is 0. The molecule has 0 atom stereocenters. The zero-order valence-electron chi connectivity index (χ0n) is 19.7. The van der Waals surface area contributed by atoms with Crippen molar-refractivity contribution in [3.05, 3.63) is 70.6 Å². The maximum absolute atomic E-state index is 9.17. The molecule has 0 radical (unpaired) electrons. The highest BCUT2D eigenvalue weighted by Crippen LogP contribution is 2.36. The average molecular weight is 454 g/mol. The van der Waals surface area contributed by atoms with Crippen LogP contribution in [-0.2, 0) is 12.8 Å². The molecule has 4 N–H and O–H groups in total. The Bertz CT molecular complexity index is 1190. The van der Waals surface area contributed by atoms with E-state index in [2.05, 4.69) is 40.5 Å². The van der Waals surface area contributed by atoms with E-state index in [0.717, 1.165) is 63.0 Å². The Balaban J connectivity index is 1.60. The Hall–Kier alpha value is -3.94. The molecule has 174 valence electrons. The van der Waals surface area contributed by atoms with Gasteiger partial charge >= 0.3 is 0 Å². The fourth-order valence-corrected chi connectivity index (χ4v) is 4.20. The minimum atomic E-state index is 0.236. The number of fused-ring (bicyclic) bond motifs is 1. The normalized spacial score (nSPS) is 13.3. The maximum Gasteiger partial charge on any atom is 0.153 e. The summed E-state index contributed by atoms with van der Waals surface area (Å²) in [4.78, 5) is 10.9. The predicted octanol–water partition coefficient (Wildman–Crippen LogP) is 4.26. The molecule has 2 aromatic rings. The molecule has 1 heterocycles. The summed E-state index contributed by atoms with van der Waals surface area (Å²) >= 11 is 0. The molecule has 1 aromatic carbocycles. The highest BCUT2D eigenvalue weighted by Gasteiger charge is 2.19. The summed E-state index contributed by atoms with van der Waals surface area (Å²) in [6.07, 6.45) is 9.26. The number of pyridine rings is 1. The van der Waals surface area contributed by atoms with E-state index in [1.165, 1.54) is 34.5 Å². The van der Waals surface area contributed by atoms with Crippen molar-refractivity contribution in [1.29, 1.82) is 10.5 Å². The number of hydrogen-bond donors (Lipinski definition) is 2. The molecule has 0 saturated carbocycles. The van der Waals surface area contributed by atoms with Crippen LogP contribution >= 0.6 is 0 Å². The van der Waals surface area contributed by atoms with Crippen molar-refractivity contribution in [1.82, 2.24) is 9.88 Å². The van der Waals surface area contributed by atoms with Gasteiger partial charge in [-0.1, -0.05) is 25.6 Å². The molecule has 7 nitrogen and oxygen atoms in total. The van der Waals surface area contributed by atoms with E-state index < -0.39 is 0 Å². The van der Waals surface area contributed by atoms with Gasteiger partial charge in [-0.25, -0.2) is 9.98 Å². The lowest BCUT2D eigenvalue weighted by Gasteiger charge is -2.22. The van der Waals surface area contributed by atoms with Crippen LogP contribution in [0.2, 0.25) is 0 Å². The first kappa shape index (κ1) is 24.7. The molecule has 0 fully saturated rings. The lowest BCUT2D eigenvalue weighted by atomic mass is 10.00. The fraction of sp³-hybridized carbons (Fsp3) is 0.333. The Morgan fingerprint density at radius 3 is 2.71 bits per heavy atom. The highest BCUT2D eigenvalue weighted by molar-refractivity contribution is 5.80. The number of rotatable bonds is 10. The second kappa shape index (κ2) is 11.8. The number of anilines is 1. The van der Waals surface area contributed by atoms with Gasteiger partial charge in [0, 0.05) is 37.3 Å². The van der Waals surface area contributed by atoms with Crippen molar-refractivity contribution < 1.29 is 0 Å². The fourth-order valence-electron chi connectivity index (χ4n) is 4.20. The molecular weight excluding hydrogens is 422 g/mol. The molecule has 1 aliphatic rings. The predicted molar refractivity (Wildman–Crippen MR) is 137 cm³/mol. The van der Waals surface area contributed by atoms with E-state index in [4.69, 9.17) is 16.7 Å². The first-order valence-electron chi connectivity index (χ1n) is 11.6. The van der Waals surface area contributed by atoms with Gasteiger partial charge < -0.3 is 16.4 Å². The number of benzene rings is 1. The van der Waals surface area contributed by atoms with Crippen molar-refractivity contribution in [3.8, 4) is 12.1 Å². The van der Waals surface area contributed by atoms with Gasteiger partial charge in [-0.05, 0) is 72.7 Å². The Morgan fingerprint density at radius 2 is 2.00 bits per heavy atom. The molecule has 0 unspecified atom stereocenters. The van der Waals surface area contributed by atoms with Crippen LogP contribution in [-0.4, -0.2) is 35.7 Å². The maximum atomic E-state index is 9.17. The van der Waals surface area contributed by atoms with Gasteiger partial charge in [0.1, 0.15) is 12.1 Å². The van der Waals surface area contributed by atoms with E-state index in [1.807, 2.05) is 12.1 Å². The molecule has 0 spiro atoms. The van der Waals surface area contributed by atoms with Crippen LogP contribution in [0.15, 0.2) is 47.7 Å². The van der Waals surface area contributed by atoms with Crippen molar-refractivity contribution in [2.75, 3.05) is 25.4 Å².